The molecule has 29 heavy (non-hydrogen) atoms. The molecule has 1 aromatic carbocycles. The molecule has 0 bridgehead atoms. The summed E-state index contributed by atoms with van der Waals surface area (Å²) in [6, 6.07) is 5.07. The van der Waals surface area contributed by atoms with Crippen LogP contribution in [-0.4, -0.2) is 39.7 Å². The van der Waals surface area contributed by atoms with Gasteiger partial charge in [0.15, 0.2) is 0 Å². The van der Waals surface area contributed by atoms with Gasteiger partial charge in [-0.2, -0.15) is 0 Å². The minimum atomic E-state index is -3.87. The van der Waals surface area contributed by atoms with Crippen molar-refractivity contribution in [3.05, 3.63) is 36.9 Å². The maximum absolute atomic E-state index is 12.9. The van der Waals surface area contributed by atoms with Crippen molar-refractivity contribution >= 4 is 27.8 Å². The summed E-state index contributed by atoms with van der Waals surface area (Å²) < 4.78 is 38.4. The van der Waals surface area contributed by atoms with Crippen LogP contribution < -0.4 is 10.0 Å². The van der Waals surface area contributed by atoms with E-state index in [0.717, 1.165) is 12.8 Å². The Morgan fingerprint density at radius 1 is 1.28 bits per heavy atom. The van der Waals surface area contributed by atoms with Crippen molar-refractivity contribution in [3.8, 4) is 0 Å². The van der Waals surface area contributed by atoms with Crippen LogP contribution in [-0.2, 0) is 24.3 Å². The average molecular weight is 425 g/mol. The molecule has 0 aliphatic carbocycles. The van der Waals surface area contributed by atoms with Crippen LogP contribution >= 0.6 is 0 Å². The minimum Gasteiger partial charge on any atom is -0.463 e. The van der Waals surface area contributed by atoms with Crippen molar-refractivity contribution in [2.24, 2.45) is 5.41 Å². The highest BCUT2D eigenvalue weighted by Gasteiger charge is 2.52. The molecule has 1 saturated heterocycles. The van der Waals surface area contributed by atoms with Crippen molar-refractivity contribution in [2.45, 2.75) is 50.5 Å². The number of rotatable bonds is 10. The fraction of sp³-hybridized carbons (Fsp3) is 0.500. The molecule has 2 N–H and O–H groups in total. The van der Waals surface area contributed by atoms with Crippen molar-refractivity contribution in [2.75, 3.05) is 18.5 Å². The van der Waals surface area contributed by atoms with Crippen LogP contribution in [0.5, 0.6) is 0 Å². The summed E-state index contributed by atoms with van der Waals surface area (Å²) in [4.78, 5) is 24.0. The molecule has 1 amide bonds. The monoisotopic (exact) mass is 424 g/mol. The topological polar surface area (TPSA) is 111 Å². The van der Waals surface area contributed by atoms with Crippen molar-refractivity contribution in [1.29, 1.82) is 0 Å². The van der Waals surface area contributed by atoms with Gasteiger partial charge in [0, 0.05) is 5.69 Å². The number of cyclic esters (lactones) is 1. The third-order valence-corrected chi connectivity index (χ3v) is 6.38. The van der Waals surface area contributed by atoms with Gasteiger partial charge < -0.3 is 9.47 Å². The smallest absolute Gasteiger partial charge is 0.411 e. The van der Waals surface area contributed by atoms with E-state index in [1.807, 2.05) is 13.8 Å². The fourth-order valence-electron chi connectivity index (χ4n) is 3.58. The van der Waals surface area contributed by atoms with Gasteiger partial charge in [-0.25, -0.2) is 17.9 Å². The highest BCUT2D eigenvalue weighted by molar-refractivity contribution is 7.89. The molecule has 2 rings (SSSR count). The van der Waals surface area contributed by atoms with E-state index >= 15 is 0 Å². The van der Waals surface area contributed by atoms with Crippen LogP contribution in [0.1, 0.15) is 39.5 Å². The van der Waals surface area contributed by atoms with Gasteiger partial charge in [0.05, 0.1) is 16.4 Å². The molecule has 9 heteroatoms. The number of esters is 1. The highest BCUT2D eigenvalue weighted by atomic mass is 32.2. The third kappa shape index (κ3) is 5.36. The van der Waals surface area contributed by atoms with Crippen LogP contribution in [0.15, 0.2) is 41.8 Å². The molecule has 1 atom stereocenters. The second-order valence-electron chi connectivity index (χ2n) is 6.96. The number of ether oxygens (including phenoxy) is 2. The summed E-state index contributed by atoms with van der Waals surface area (Å²) in [5.74, 6) is -0.341. The zero-order valence-electron chi connectivity index (χ0n) is 16.8. The standard InChI is InChI=1S/C20H28N2O6S/c1-4-11-20(12-5-2)17(14-28-18(20)23)22-29(25,26)16-9-7-15(8-10-16)21-19(24)27-13-6-3/h6-10,17,22H,3-5,11-14H2,1-2H3,(H,21,24). The zero-order valence-corrected chi connectivity index (χ0v) is 17.6. The molecule has 0 saturated carbocycles. The molecule has 1 aliphatic rings. The number of nitrogens with one attached hydrogen (secondary N) is 2. The molecule has 160 valence electrons. The lowest BCUT2D eigenvalue weighted by atomic mass is 9.75. The molecule has 0 spiro atoms. The molecule has 1 unspecified atom stereocenters. The minimum absolute atomic E-state index is 0.0207. The maximum Gasteiger partial charge on any atom is 0.411 e. The lowest BCUT2D eigenvalue weighted by Gasteiger charge is -2.30. The Labute approximate surface area is 171 Å². The van der Waals surface area contributed by atoms with Gasteiger partial charge in [0.1, 0.15) is 13.2 Å². The van der Waals surface area contributed by atoms with E-state index in [1.165, 1.54) is 30.3 Å². The third-order valence-electron chi connectivity index (χ3n) is 4.89. The molecule has 0 aromatic heterocycles. The van der Waals surface area contributed by atoms with E-state index in [0.29, 0.717) is 18.5 Å². The van der Waals surface area contributed by atoms with E-state index in [9.17, 15) is 18.0 Å². The van der Waals surface area contributed by atoms with E-state index in [-0.39, 0.29) is 24.1 Å². The van der Waals surface area contributed by atoms with E-state index in [4.69, 9.17) is 9.47 Å². The molecule has 1 aliphatic heterocycles. The van der Waals surface area contributed by atoms with Gasteiger partial charge in [0.25, 0.3) is 0 Å². The van der Waals surface area contributed by atoms with Crippen molar-refractivity contribution < 1.29 is 27.5 Å². The summed E-state index contributed by atoms with van der Waals surface area (Å²) in [6.07, 6.45) is 3.38. The van der Waals surface area contributed by atoms with Gasteiger partial charge >= 0.3 is 12.1 Å². The number of hydrogen-bond acceptors (Lipinski definition) is 6. The summed E-state index contributed by atoms with van der Waals surface area (Å²) >= 11 is 0. The van der Waals surface area contributed by atoms with Gasteiger partial charge in [0.2, 0.25) is 10.0 Å². The average Bonchev–Trinajstić information content (AvgIpc) is 2.96. The van der Waals surface area contributed by atoms with Gasteiger partial charge in [-0.3, -0.25) is 10.1 Å². The van der Waals surface area contributed by atoms with Crippen LogP contribution in [0.2, 0.25) is 0 Å². The second kappa shape index (κ2) is 9.89. The Balaban J connectivity index is 2.15. The molecule has 1 heterocycles. The highest BCUT2D eigenvalue weighted by Crippen LogP contribution is 2.40. The lowest BCUT2D eigenvalue weighted by Crippen LogP contribution is -2.48. The van der Waals surface area contributed by atoms with Crippen LogP contribution in [0, 0.1) is 5.41 Å². The predicted octanol–water partition coefficient (Wildman–Crippen LogP) is 3.21. The zero-order chi connectivity index (χ0) is 21.5. The number of hydrogen-bond donors (Lipinski definition) is 2. The van der Waals surface area contributed by atoms with Gasteiger partial charge in [-0.15, -0.1) is 0 Å². The lowest BCUT2D eigenvalue weighted by molar-refractivity contribution is -0.147. The van der Waals surface area contributed by atoms with Crippen LogP contribution in [0.3, 0.4) is 0 Å². The first-order chi connectivity index (χ1) is 13.8. The van der Waals surface area contributed by atoms with Crippen molar-refractivity contribution in [3.63, 3.8) is 0 Å². The first-order valence-corrected chi connectivity index (χ1v) is 11.1. The number of anilines is 1. The number of benzene rings is 1. The Morgan fingerprint density at radius 2 is 1.90 bits per heavy atom. The number of carbonyl (C=O) groups is 2. The summed E-state index contributed by atoms with van der Waals surface area (Å²) in [6.45, 7) is 7.46. The van der Waals surface area contributed by atoms with E-state index in [1.54, 1.807) is 0 Å². The molecule has 8 nitrogen and oxygen atoms in total. The summed E-state index contributed by atoms with van der Waals surface area (Å²) in [5.41, 5.74) is -0.448. The Bertz CT molecular complexity index is 829. The SMILES string of the molecule is C=CCOC(=O)Nc1ccc(S(=O)(=O)NC2COC(=O)C2(CCC)CCC)cc1. The van der Waals surface area contributed by atoms with Gasteiger partial charge in [-0.05, 0) is 37.1 Å². The van der Waals surface area contributed by atoms with E-state index < -0.39 is 27.6 Å². The second-order valence-corrected chi connectivity index (χ2v) is 8.68. The van der Waals surface area contributed by atoms with Gasteiger partial charge in [-0.1, -0.05) is 39.3 Å². The predicted molar refractivity (Wildman–Crippen MR) is 109 cm³/mol. The van der Waals surface area contributed by atoms with E-state index in [2.05, 4.69) is 16.6 Å². The number of carbonyl (C=O) groups excluding carboxylic acids is 2. The Kier molecular flexibility index (Phi) is 7.80. The quantitative estimate of drug-likeness (QED) is 0.441. The van der Waals surface area contributed by atoms with Crippen LogP contribution in [0.25, 0.3) is 0 Å². The molecule has 1 fully saturated rings. The summed E-state index contributed by atoms with van der Waals surface area (Å²) in [7, 11) is -3.87. The number of sulfonamides is 1. The normalized spacial score (nSPS) is 18.1. The molecule has 1 aromatic rings. The largest absolute Gasteiger partial charge is 0.463 e. The fourth-order valence-corrected chi connectivity index (χ4v) is 4.88. The van der Waals surface area contributed by atoms with Crippen molar-refractivity contribution in [1.82, 2.24) is 4.72 Å². The van der Waals surface area contributed by atoms with Crippen LogP contribution in [0.4, 0.5) is 10.5 Å². The first-order valence-electron chi connectivity index (χ1n) is 9.63. The maximum atomic E-state index is 12.9. The Morgan fingerprint density at radius 3 is 2.45 bits per heavy atom. The molecular weight excluding hydrogens is 396 g/mol. The summed E-state index contributed by atoms with van der Waals surface area (Å²) in [5, 5.41) is 2.49. The molecular formula is C20H28N2O6S. The molecule has 0 radical (unpaired) electrons. The number of amides is 1. The Hall–Kier alpha value is -2.39. The first kappa shape index (κ1) is 22.9.